The molecule has 0 unspecified atom stereocenters. The van der Waals surface area contributed by atoms with E-state index in [1.807, 2.05) is 54.6 Å². The molecular weight excluding hydrogens is 428 g/mol. The second-order valence-electron chi connectivity index (χ2n) is 8.48. The van der Waals surface area contributed by atoms with Crippen LogP contribution in [0.5, 0.6) is 5.75 Å². The quantitative estimate of drug-likeness (QED) is 0.239. The van der Waals surface area contributed by atoms with Crippen molar-refractivity contribution in [3.63, 3.8) is 0 Å². The predicted octanol–water partition coefficient (Wildman–Crippen LogP) is 8.01. The van der Waals surface area contributed by atoms with Crippen molar-refractivity contribution in [1.82, 2.24) is 0 Å². The van der Waals surface area contributed by atoms with E-state index >= 15 is 4.39 Å². The van der Waals surface area contributed by atoms with Crippen molar-refractivity contribution in [2.24, 2.45) is 0 Å². The largest absolute Gasteiger partial charge is 0.494 e. The van der Waals surface area contributed by atoms with Crippen LogP contribution in [0.1, 0.15) is 42.9 Å². The summed E-state index contributed by atoms with van der Waals surface area (Å²) in [4.78, 5) is 0. The van der Waals surface area contributed by atoms with E-state index in [9.17, 15) is 4.39 Å². The second-order valence-corrected chi connectivity index (χ2v) is 8.48. The first-order chi connectivity index (χ1) is 16.6. The van der Waals surface area contributed by atoms with Gasteiger partial charge in [0.15, 0.2) is 0 Å². The predicted molar refractivity (Wildman–Crippen MR) is 133 cm³/mol. The lowest BCUT2D eigenvalue weighted by atomic mass is 9.97. The Hall–Kier alpha value is -3.71. The Morgan fingerprint density at radius 1 is 0.824 bits per heavy atom. The van der Waals surface area contributed by atoms with Crippen molar-refractivity contribution >= 4 is 10.8 Å². The number of nitriles is 1. The molecule has 0 aliphatic heterocycles. The van der Waals surface area contributed by atoms with Crippen molar-refractivity contribution in [3.05, 3.63) is 101 Å². The molecule has 0 amide bonds. The van der Waals surface area contributed by atoms with Gasteiger partial charge in [0.25, 0.3) is 0 Å². The van der Waals surface area contributed by atoms with Crippen molar-refractivity contribution in [3.8, 4) is 22.9 Å². The monoisotopic (exact) mass is 455 g/mol. The van der Waals surface area contributed by atoms with Crippen LogP contribution in [0.3, 0.4) is 0 Å². The lowest BCUT2D eigenvalue weighted by molar-refractivity contribution is 0.306. The van der Waals surface area contributed by atoms with E-state index in [2.05, 4.69) is 6.92 Å². The molecule has 4 aromatic rings. The summed E-state index contributed by atoms with van der Waals surface area (Å²) in [5.74, 6) is 0.0788. The number of hydrogen-bond acceptors (Lipinski definition) is 2. The van der Waals surface area contributed by atoms with Gasteiger partial charge < -0.3 is 4.74 Å². The highest BCUT2D eigenvalue weighted by atomic mass is 19.1. The Bertz CT molecular complexity index is 1320. The van der Waals surface area contributed by atoms with Crippen LogP contribution in [0.4, 0.5) is 8.78 Å². The fourth-order valence-corrected chi connectivity index (χ4v) is 4.08. The molecule has 0 N–H and O–H groups in total. The molecular formula is C30H27F2NO. The fraction of sp³-hybridized carbons (Fsp3) is 0.233. The molecule has 0 saturated carbocycles. The second kappa shape index (κ2) is 10.9. The number of fused-ring (bicyclic) bond motifs is 1. The van der Waals surface area contributed by atoms with Crippen LogP contribution >= 0.6 is 0 Å². The minimum absolute atomic E-state index is 0.0191. The molecule has 0 fully saturated rings. The molecule has 0 bridgehead atoms. The third-order valence-electron chi connectivity index (χ3n) is 6.08. The Labute approximate surface area is 199 Å². The van der Waals surface area contributed by atoms with Gasteiger partial charge in [0, 0.05) is 5.39 Å². The maximum absolute atomic E-state index is 15.2. The molecule has 0 spiro atoms. The number of rotatable bonds is 9. The first-order valence-electron chi connectivity index (χ1n) is 11.7. The van der Waals surface area contributed by atoms with E-state index in [1.165, 1.54) is 25.0 Å². The topological polar surface area (TPSA) is 33.0 Å². The van der Waals surface area contributed by atoms with E-state index < -0.39 is 5.82 Å². The van der Waals surface area contributed by atoms with Gasteiger partial charge in [-0.05, 0) is 77.2 Å². The van der Waals surface area contributed by atoms with Crippen molar-refractivity contribution < 1.29 is 13.5 Å². The Balaban J connectivity index is 1.47. The smallest absolute Gasteiger partial charge is 0.141 e. The highest BCUT2D eigenvalue weighted by Gasteiger charge is 2.10. The minimum Gasteiger partial charge on any atom is -0.494 e. The molecule has 2 nitrogen and oxygen atoms in total. The van der Waals surface area contributed by atoms with Crippen LogP contribution in [-0.2, 0) is 12.8 Å². The summed E-state index contributed by atoms with van der Waals surface area (Å²) in [7, 11) is 0. The SMILES string of the molecule is CCCCCOc1ccc(-c2ccc3c(F)c(CCc4ccc(C#N)c(F)c4)ccc3c2)cc1. The normalized spacial score (nSPS) is 10.9. The van der Waals surface area contributed by atoms with Crippen molar-refractivity contribution in [2.75, 3.05) is 6.61 Å². The van der Waals surface area contributed by atoms with Crippen LogP contribution in [0, 0.1) is 23.0 Å². The highest BCUT2D eigenvalue weighted by molar-refractivity contribution is 5.88. The van der Waals surface area contributed by atoms with Gasteiger partial charge >= 0.3 is 0 Å². The number of ether oxygens (including phenoxy) is 1. The molecule has 0 aromatic heterocycles. The summed E-state index contributed by atoms with van der Waals surface area (Å²) in [6, 6.07) is 23.8. The standard InChI is InChI=1S/C30H27F2NO/c1-2-3-4-17-34-27-14-11-22(12-15-27)24-13-16-28-25(19-24)10-9-23(30(28)32)7-5-21-6-8-26(20-33)29(31)18-21/h6,8-16,18-19H,2-5,7,17H2,1H3. The Morgan fingerprint density at radius 3 is 2.35 bits per heavy atom. The van der Waals surface area contributed by atoms with E-state index in [1.54, 1.807) is 12.1 Å². The summed E-state index contributed by atoms with van der Waals surface area (Å²) in [6.45, 7) is 2.90. The van der Waals surface area contributed by atoms with Gasteiger partial charge in [-0.1, -0.05) is 62.2 Å². The van der Waals surface area contributed by atoms with Gasteiger partial charge in [0.2, 0.25) is 0 Å². The fourth-order valence-electron chi connectivity index (χ4n) is 4.08. The van der Waals surface area contributed by atoms with Gasteiger partial charge in [-0.3, -0.25) is 0 Å². The molecule has 0 saturated heterocycles. The van der Waals surface area contributed by atoms with Gasteiger partial charge in [-0.25, -0.2) is 8.78 Å². The maximum Gasteiger partial charge on any atom is 0.141 e. The number of unbranched alkanes of at least 4 members (excludes halogenated alkanes) is 2. The zero-order chi connectivity index (χ0) is 23.9. The summed E-state index contributed by atoms with van der Waals surface area (Å²) >= 11 is 0. The number of aryl methyl sites for hydroxylation is 2. The Morgan fingerprint density at radius 2 is 1.62 bits per heavy atom. The van der Waals surface area contributed by atoms with E-state index in [0.717, 1.165) is 40.9 Å². The van der Waals surface area contributed by atoms with Crippen LogP contribution in [0.25, 0.3) is 21.9 Å². The van der Waals surface area contributed by atoms with Gasteiger partial charge in [-0.2, -0.15) is 5.26 Å². The molecule has 0 atom stereocenters. The first-order valence-corrected chi connectivity index (χ1v) is 11.7. The average molecular weight is 456 g/mol. The lowest BCUT2D eigenvalue weighted by Crippen LogP contribution is -1.97. The van der Waals surface area contributed by atoms with Crippen LogP contribution in [0.15, 0.2) is 72.8 Å². The zero-order valence-corrected chi connectivity index (χ0v) is 19.3. The van der Waals surface area contributed by atoms with Crippen LogP contribution < -0.4 is 4.74 Å². The Kier molecular flexibility index (Phi) is 7.54. The summed E-state index contributed by atoms with van der Waals surface area (Å²) in [5.41, 5.74) is 3.42. The van der Waals surface area contributed by atoms with Gasteiger partial charge in [0.05, 0.1) is 12.2 Å². The number of halogens is 2. The highest BCUT2D eigenvalue weighted by Crippen LogP contribution is 2.29. The zero-order valence-electron chi connectivity index (χ0n) is 19.3. The maximum atomic E-state index is 15.2. The summed E-state index contributed by atoms with van der Waals surface area (Å²) < 4.78 is 34.8. The van der Waals surface area contributed by atoms with E-state index in [0.29, 0.717) is 23.8 Å². The van der Waals surface area contributed by atoms with E-state index in [4.69, 9.17) is 10.00 Å². The first kappa shape index (κ1) is 23.4. The molecule has 0 heterocycles. The lowest BCUT2D eigenvalue weighted by Gasteiger charge is -2.10. The summed E-state index contributed by atoms with van der Waals surface area (Å²) in [5, 5.41) is 10.3. The van der Waals surface area contributed by atoms with Crippen LogP contribution in [0.2, 0.25) is 0 Å². The third kappa shape index (κ3) is 5.43. The van der Waals surface area contributed by atoms with Crippen molar-refractivity contribution in [2.45, 2.75) is 39.0 Å². The molecule has 172 valence electrons. The number of nitrogens with zero attached hydrogens (tertiary/aromatic N) is 1. The van der Waals surface area contributed by atoms with Crippen LogP contribution in [-0.4, -0.2) is 6.61 Å². The molecule has 4 heteroatoms. The molecule has 4 rings (SSSR count). The number of benzene rings is 4. The minimum atomic E-state index is -0.539. The number of hydrogen-bond donors (Lipinski definition) is 0. The van der Waals surface area contributed by atoms with E-state index in [-0.39, 0.29) is 11.4 Å². The summed E-state index contributed by atoms with van der Waals surface area (Å²) in [6.07, 6.45) is 4.34. The van der Waals surface area contributed by atoms with Gasteiger partial charge in [-0.15, -0.1) is 0 Å². The average Bonchev–Trinajstić information content (AvgIpc) is 2.86. The third-order valence-corrected chi connectivity index (χ3v) is 6.08. The molecule has 34 heavy (non-hydrogen) atoms. The molecule has 4 aromatic carbocycles. The molecule has 0 aliphatic rings. The van der Waals surface area contributed by atoms with Crippen molar-refractivity contribution in [1.29, 1.82) is 5.26 Å². The van der Waals surface area contributed by atoms with Gasteiger partial charge in [0.1, 0.15) is 23.5 Å². The molecule has 0 radical (unpaired) electrons. The molecule has 0 aliphatic carbocycles.